The number of rotatable bonds is 6. The first-order chi connectivity index (χ1) is 15.7. The fraction of sp³-hybridized carbons (Fsp3) is 0.333. The maximum atomic E-state index is 14.8. The van der Waals surface area contributed by atoms with Crippen molar-refractivity contribution in [3.05, 3.63) is 59.2 Å². The van der Waals surface area contributed by atoms with Gasteiger partial charge in [-0.25, -0.2) is 12.8 Å². The Labute approximate surface area is 198 Å². The maximum absolute atomic E-state index is 14.8. The van der Waals surface area contributed by atoms with Crippen LogP contribution in [0.4, 0.5) is 15.8 Å². The third-order valence-electron chi connectivity index (χ3n) is 5.60. The highest BCUT2D eigenvalue weighted by Gasteiger charge is 2.24. The molecule has 1 aliphatic heterocycles. The first kappa shape index (κ1) is 23.5. The number of sulfonamides is 1. The number of aryl methyl sites for hydroxylation is 1. The molecule has 0 unspecified atom stereocenters. The molecule has 0 bridgehead atoms. The van der Waals surface area contributed by atoms with Crippen molar-refractivity contribution in [2.24, 2.45) is 0 Å². The summed E-state index contributed by atoms with van der Waals surface area (Å²) in [5.74, 6) is -0.186. The molecule has 3 aromatic rings. The standard InChI is InChI=1S/C24H28FN3O3S2/c1-15-9-24(32-14-15)20-7-6-19(11-21(20)25)33(29,30)27-22-10-18(5-8-23(22)31-4)28-12-16(2)26-17(3)13-28/h5-11,14,16-17,26-27H,12-13H2,1-4H3/t16-,17+. The van der Waals surface area contributed by atoms with E-state index in [0.29, 0.717) is 29.1 Å². The molecule has 1 aliphatic rings. The third-order valence-corrected chi connectivity index (χ3v) is 8.04. The van der Waals surface area contributed by atoms with Gasteiger partial charge in [-0.05, 0) is 74.2 Å². The van der Waals surface area contributed by atoms with E-state index >= 15 is 0 Å². The van der Waals surface area contributed by atoms with E-state index in [9.17, 15) is 12.8 Å². The van der Waals surface area contributed by atoms with Crippen LogP contribution in [0.3, 0.4) is 0 Å². The summed E-state index contributed by atoms with van der Waals surface area (Å²) < 4.78 is 49.0. The lowest BCUT2D eigenvalue weighted by atomic mass is 10.1. The second kappa shape index (κ2) is 9.32. The molecule has 2 heterocycles. The topological polar surface area (TPSA) is 70.7 Å². The Balaban J connectivity index is 1.63. The third kappa shape index (κ3) is 5.15. The van der Waals surface area contributed by atoms with Crippen molar-refractivity contribution in [2.45, 2.75) is 37.8 Å². The van der Waals surface area contributed by atoms with Gasteiger partial charge in [0.25, 0.3) is 10.0 Å². The largest absolute Gasteiger partial charge is 0.495 e. The average Bonchev–Trinajstić information content (AvgIpc) is 3.18. The molecule has 6 nitrogen and oxygen atoms in total. The van der Waals surface area contributed by atoms with Crippen molar-refractivity contribution in [3.63, 3.8) is 0 Å². The Morgan fingerprint density at radius 2 is 1.85 bits per heavy atom. The van der Waals surface area contributed by atoms with Gasteiger partial charge in [0.05, 0.1) is 17.7 Å². The molecule has 1 aromatic heterocycles. The van der Waals surface area contributed by atoms with Crippen LogP contribution < -0.4 is 19.7 Å². The zero-order valence-corrected chi connectivity index (χ0v) is 20.7. The van der Waals surface area contributed by atoms with Gasteiger partial charge < -0.3 is 15.0 Å². The fourth-order valence-corrected chi connectivity index (χ4v) is 6.15. The molecule has 0 aliphatic carbocycles. The summed E-state index contributed by atoms with van der Waals surface area (Å²) >= 11 is 1.42. The minimum Gasteiger partial charge on any atom is -0.495 e. The minimum atomic E-state index is -4.03. The van der Waals surface area contributed by atoms with Gasteiger partial charge in [-0.3, -0.25) is 4.72 Å². The molecule has 0 spiro atoms. The number of halogens is 1. The molecular formula is C24H28FN3O3S2. The molecular weight excluding hydrogens is 461 g/mol. The van der Waals surface area contributed by atoms with Gasteiger partial charge in [0, 0.05) is 41.3 Å². The number of hydrogen-bond acceptors (Lipinski definition) is 6. The van der Waals surface area contributed by atoms with E-state index < -0.39 is 15.8 Å². The Morgan fingerprint density at radius 1 is 1.12 bits per heavy atom. The van der Waals surface area contributed by atoms with Crippen molar-refractivity contribution in [1.82, 2.24) is 5.32 Å². The van der Waals surface area contributed by atoms with Gasteiger partial charge >= 0.3 is 0 Å². The minimum absolute atomic E-state index is 0.145. The number of ether oxygens (including phenoxy) is 1. The zero-order chi connectivity index (χ0) is 23.8. The van der Waals surface area contributed by atoms with Gasteiger partial charge in [0.2, 0.25) is 0 Å². The predicted octanol–water partition coefficient (Wildman–Crippen LogP) is 4.86. The van der Waals surface area contributed by atoms with Crippen LogP contribution >= 0.6 is 11.3 Å². The zero-order valence-electron chi connectivity index (χ0n) is 19.1. The van der Waals surface area contributed by atoms with E-state index in [2.05, 4.69) is 28.8 Å². The lowest BCUT2D eigenvalue weighted by molar-refractivity contribution is 0.406. The SMILES string of the molecule is COc1ccc(N2C[C@@H](C)N[C@@H](C)C2)cc1NS(=O)(=O)c1ccc(-c2cc(C)cs2)c(F)c1. The number of nitrogens with zero attached hydrogens (tertiary/aromatic N) is 1. The number of piperazine rings is 1. The second-order valence-electron chi connectivity index (χ2n) is 8.49. The highest BCUT2D eigenvalue weighted by Crippen LogP contribution is 2.34. The molecule has 2 aromatic carbocycles. The summed E-state index contributed by atoms with van der Waals surface area (Å²) in [5.41, 5.74) is 2.62. The van der Waals surface area contributed by atoms with E-state index in [1.54, 1.807) is 12.1 Å². The molecule has 33 heavy (non-hydrogen) atoms. The van der Waals surface area contributed by atoms with Crippen LogP contribution in [0, 0.1) is 12.7 Å². The van der Waals surface area contributed by atoms with E-state index in [4.69, 9.17) is 4.74 Å². The van der Waals surface area contributed by atoms with Crippen molar-refractivity contribution in [1.29, 1.82) is 0 Å². The number of benzene rings is 2. The van der Waals surface area contributed by atoms with Crippen molar-refractivity contribution in [2.75, 3.05) is 29.8 Å². The van der Waals surface area contributed by atoms with Crippen LogP contribution in [0.1, 0.15) is 19.4 Å². The summed E-state index contributed by atoms with van der Waals surface area (Å²) in [7, 11) is -2.54. The van der Waals surface area contributed by atoms with E-state index in [-0.39, 0.29) is 4.90 Å². The Morgan fingerprint density at radius 3 is 2.45 bits per heavy atom. The van der Waals surface area contributed by atoms with Gasteiger partial charge in [-0.15, -0.1) is 11.3 Å². The number of hydrogen-bond donors (Lipinski definition) is 2. The van der Waals surface area contributed by atoms with Gasteiger partial charge in [0.15, 0.2) is 0 Å². The molecule has 4 rings (SSSR count). The average molecular weight is 490 g/mol. The Kier molecular flexibility index (Phi) is 6.65. The smallest absolute Gasteiger partial charge is 0.262 e. The molecule has 1 saturated heterocycles. The first-order valence-corrected chi connectivity index (χ1v) is 13.1. The molecule has 0 amide bonds. The maximum Gasteiger partial charge on any atom is 0.262 e. The lowest BCUT2D eigenvalue weighted by Gasteiger charge is -2.38. The number of anilines is 2. The summed E-state index contributed by atoms with van der Waals surface area (Å²) in [4.78, 5) is 2.82. The van der Waals surface area contributed by atoms with Crippen LogP contribution in [0.25, 0.3) is 10.4 Å². The van der Waals surface area contributed by atoms with Crippen LogP contribution in [-0.2, 0) is 10.0 Å². The highest BCUT2D eigenvalue weighted by atomic mass is 32.2. The molecule has 176 valence electrons. The van der Waals surface area contributed by atoms with Gasteiger partial charge in [0.1, 0.15) is 11.6 Å². The van der Waals surface area contributed by atoms with Crippen molar-refractivity contribution < 1.29 is 17.5 Å². The van der Waals surface area contributed by atoms with E-state index in [1.165, 1.54) is 30.6 Å². The lowest BCUT2D eigenvalue weighted by Crippen LogP contribution is -2.54. The predicted molar refractivity (Wildman–Crippen MR) is 133 cm³/mol. The number of nitrogens with one attached hydrogen (secondary N) is 2. The monoisotopic (exact) mass is 489 g/mol. The summed E-state index contributed by atoms with van der Waals surface area (Å²) in [6, 6.07) is 11.9. The van der Waals surface area contributed by atoms with Crippen molar-refractivity contribution in [3.8, 4) is 16.2 Å². The van der Waals surface area contributed by atoms with Crippen LogP contribution in [0.15, 0.2) is 52.7 Å². The Hall–Kier alpha value is -2.62. The van der Waals surface area contributed by atoms with Crippen molar-refractivity contribution >= 4 is 32.7 Å². The highest BCUT2D eigenvalue weighted by molar-refractivity contribution is 7.92. The van der Waals surface area contributed by atoms with Crippen LogP contribution in [-0.4, -0.2) is 40.7 Å². The molecule has 0 radical (unpaired) electrons. The molecule has 1 fully saturated rings. The van der Waals surface area contributed by atoms with Crippen LogP contribution in [0.5, 0.6) is 5.75 Å². The molecule has 9 heteroatoms. The van der Waals surface area contributed by atoms with Gasteiger partial charge in [-0.2, -0.15) is 0 Å². The normalized spacial score (nSPS) is 18.9. The number of thiophene rings is 1. The first-order valence-electron chi connectivity index (χ1n) is 10.7. The summed E-state index contributed by atoms with van der Waals surface area (Å²) in [6.45, 7) is 7.77. The summed E-state index contributed by atoms with van der Waals surface area (Å²) in [6.07, 6.45) is 0. The fourth-order valence-electron chi connectivity index (χ4n) is 4.15. The van der Waals surface area contributed by atoms with Crippen LogP contribution in [0.2, 0.25) is 0 Å². The quantitative estimate of drug-likeness (QED) is 0.518. The molecule has 2 N–H and O–H groups in total. The van der Waals surface area contributed by atoms with E-state index in [1.807, 2.05) is 24.4 Å². The number of methoxy groups -OCH3 is 1. The Bertz CT molecular complexity index is 1250. The van der Waals surface area contributed by atoms with Gasteiger partial charge in [-0.1, -0.05) is 0 Å². The molecule has 2 atom stereocenters. The molecule has 0 saturated carbocycles. The van der Waals surface area contributed by atoms with E-state index in [0.717, 1.165) is 35.3 Å². The second-order valence-corrected chi connectivity index (χ2v) is 11.1. The summed E-state index contributed by atoms with van der Waals surface area (Å²) in [5, 5.41) is 5.42.